The Morgan fingerprint density at radius 1 is 0.923 bits per heavy atom. The van der Waals surface area contributed by atoms with Crippen LogP contribution in [0.1, 0.15) is 71.1 Å². The number of rotatable bonds is 3. The Kier molecular flexibility index (Phi) is 7.77. The van der Waals surface area contributed by atoms with E-state index in [0.29, 0.717) is 44.4 Å². The molecule has 5 nitrogen and oxygen atoms in total. The van der Waals surface area contributed by atoms with E-state index in [1.807, 2.05) is 16.7 Å². The highest BCUT2D eigenvalue weighted by Gasteiger charge is 2.40. The van der Waals surface area contributed by atoms with E-state index in [2.05, 4.69) is 0 Å². The van der Waals surface area contributed by atoms with Gasteiger partial charge in [-0.3, -0.25) is 9.59 Å². The lowest BCUT2D eigenvalue weighted by atomic mass is 9.74. The standard InChI is InChI=1S/C20H35N3O2.ClH/c1-20(21)10-6-5-9-17(20)19(25)23-13-11-22(12-14-23)18(24)15-16-7-3-2-4-8-16;/h16-17H,2-15,21H2,1H3;1H. The van der Waals surface area contributed by atoms with E-state index in [4.69, 9.17) is 5.73 Å². The van der Waals surface area contributed by atoms with E-state index in [9.17, 15) is 9.59 Å². The third-order valence-electron chi connectivity index (χ3n) is 6.68. The molecule has 0 aromatic heterocycles. The second-order valence-electron chi connectivity index (χ2n) is 8.72. The Hall–Kier alpha value is -0.810. The van der Waals surface area contributed by atoms with Crippen molar-refractivity contribution in [2.75, 3.05) is 26.2 Å². The highest BCUT2D eigenvalue weighted by Crippen LogP contribution is 2.33. The van der Waals surface area contributed by atoms with Gasteiger partial charge in [0.2, 0.25) is 11.8 Å². The summed E-state index contributed by atoms with van der Waals surface area (Å²) < 4.78 is 0. The molecule has 3 rings (SSSR count). The molecule has 2 amide bonds. The van der Waals surface area contributed by atoms with Crippen molar-refractivity contribution >= 4 is 24.2 Å². The van der Waals surface area contributed by atoms with Gasteiger partial charge in [-0.25, -0.2) is 0 Å². The third-order valence-corrected chi connectivity index (χ3v) is 6.68. The number of carbonyl (C=O) groups is 2. The number of piperazine rings is 1. The zero-order valence-electron chi connectivity index (χ0n) is 16.3. The average Bonchev–Trinajstić information content (AvgIpc) is 2.62. The van der Waals surface area contributed by atoms with Crippen LogP contribution in [0.5, 0.6) is 0 Å². The van der Waals surface area contributed by atoms with E-state index >= 15 is 0 Å². The smallest absolute Gasteiger partial charge is 0.227 e. The summed E-state index contributed by atoms with van der Waals surface area (Å²) in [4.78, 5) is 29.4. The van der Waals surface area contributed by atoms with Gasteiger partial charge >= 0.3 is 0 Å². The number of carbonyl (C=O) groups excluding carboxylic acids is 2. The molecule has 0 aromatic carbocycles. The Morgan fingerprint density at radius 3 is 2.12 bits per heavy atom. The van der Waals surface area contributed by atoms with Gasteiger partial charge in [0.1, 0.15) is 0 Å². The van der Waals surface area contributed by atoms with Crippen LogP contribution in [0.25, 0.3) is 0 Å². The molecule has 3 fully saturated rings. The zero-order valence-corrected chi connectivity index (χ0v) is 17.1. The van der Waals surface area contributed by atoms with Gasteiger partial charge in [-0.15, -0.1) is 12.4 Å². The number of hydrogen-bond donors (Lipinski definition) is 1. The lowest BCUT2D eigenvalue weighted by Gasteiger charge is -2.42. The molecule has 2 unspecified atom stereocenters. The molecule has 26 heavy (non-hydrogen) atoms. The molecular weight excluding hydrogens is 350 g/mol. The first-order valence-corrected chi connectivity index (χ1v) is 10.3. The summed E-state index contributed by atoms with van der Waals surface area (Å²) in [5, 5.41) is 0. The molecule has 2 saturated carbocycles. The van der Waals surface area contributed by atoms with Gasteiger partial charge in [0.05, 0.1) is 5.92 Å². The highest BCUT2D eigenvalue weighted by atomic mass is 35.5. The van der Waals surface area contributed by atoms with E-state index in [-0.39, 0.29) is 29.8 Å². The molecule has 2 N–H and O–H groups in total. The second-order valence-corrected chi connectivity index (χ2v) is 8.72. The first kappa shape index (κ1) is 21.5. The SMILES string of the molecule is CC1(N)CCCCC1C(=O)N1CCN(C(=O)CC2CCCCC2)CC1.Cl. The molecule has 0 radical (unpaired) electrons. The Morgan fingerprint density at radius 2 is 1.50 bits per heavy atom. The van der Waals surface area contributed by atoms with E-state index in [1.54, 1.807) is 0 Å². The normalized spacial score (nSPS) is 30.6. The van der Waals surface area contributed by atoms with E-state index in [0.717, 1.165) is 25.7 Å². The molecule has 0 bridgehead atoms. The van der Waals surface area contributed by atoms with Crippen LogP contribution in [0.15, 0.2) is 0 Å². The fourth-order valence-electron chi connectivity index (χ4n) is 4.93. The van der Waals surface area contributed by atoms with Gasteiger partial charge in [-0.05, 0) is 38.5 Å². The first-order valence-electron chi connectivity index (χ1n) is 10.3. The van der Waals surface area contributed by atoms with Crippen LogP contribution in [0.2, 0.25) is 0 Å². The summed E-state index contributed by atoms with van der Waals surface area (Å²) in [5.41, 5.74) is 6.03. The van der Waals surface area contributed by atoms with Gasteiger partial charge < -0.3 is 15.5 Å². The van der Waals surface area contributed by atoms with Gasteiger partial charge in [0.25, 0.3) is 0 Å². The van der Waals surface area contributed by atoms with Crippen LogP contribution in [0.3, 0.4) is 0 Å². The lowest BCUT2D eigenvalue weighted by Crippen LogP contribution is -2.57. The van der Waals surface area contributed by atoms with Gasteiger partial charge in [-0.1, -0.05) is 32.1 Å². The largest absolute Gasteiger partial charge is 0.339 e. The fourth-order valence-corrected chi connectivity index (χ4v) is 4.93. The molecule has 1 saturated heterocycles. The fraction of sp³-hybridized carbons (Fsp3) is 0.900. The maximum atomic E-state index is 12.9. The topological polar surface area (TPSA) is 66.6 Å². The Balaban J connectivity index is 0.00000243. The number of nitrogens with two attached hydrogens (primary N) is 1. The quantitative estimate of drug-likeness (QED) is 0.812. The zero-order chi connectivity index (χ0) is 17.9. The van der Waals surface area contributed by atoms with Crippen molar-refractivity contribution in [1.29, 1.82) is 0 Å². The van der Waals surface area contributed by atoms with Gasteiger partial charge in [-0.2, -0.15) is 0 Å². The molecule has 1 aliphatic heterocycles. The van der Waals surface area contributed by atoms with E-state index in [1.165, 1.54) is 32.1 Å². The highest BCUT2D eigenvalue weighted by molar-refractivity contribution is 5.85. The molecule has 0 aromatic rings. The van der Waals surface area contributed by atoms with Crippen molar-refractivity contribution < 1.29 is 9.59 Å². The van der Waals surface area contributed by atoms with Crippen molar-refractivity contribution in [2.24, 2.45) is 17.6 Å². The maximum absolute atomic E-state index is 12.9. The Bertz CT molecular complexity index is 483. The van der Waals surface area contributed by atoms with Crippen molar-refractivity contribution in [2.45, 2.75) is 76.7 Å². The summed E-state index contributed by atoms with van der Waals surface area (Å²) in [7, 11) is 0. The third kappa shape index (κ3) is 5.13. The molecule has 1 heterocycles. The molecule has 150 valence electrons. The van der Waals surface area contributed by atoms with Crippen molar-refractivity contribution in [1.82, 2.24) is 9.80 Å². The van der Waals surface area contributed by atoms with E-state index < -0.39 is 0 Å². The van der Waals surface area contributed by atoms with Crippen LogP contribution in [0, 0.1) is 11.8 Å². The molecule has 2 atom stereocenters. The number of nitrogens with zero attached hydrogens (tertiary/aromatic N) is 2. The first-order chi connectivity index (χ1) is 12.0. The number of amides is 2. The van der Waals surface area contributed by atoms with Crippen molar-refractivity contribution in [3.05, 3.63) is 0 Å². The van der Waals surface area contributed by atoms with Crippen LogP contribution in [-0.4, -0.2) is 53.3 Å². The van der Waals surface area contributed by atoms with Gasteiger partial charge in [0, 0.05) is 38.1 Å². The minimum atomic E-state index is -0.372. The predicted octanol–water partition coefficient (Wildman–Crippen LogP) is 2.96. The van der Waals surface area contributed by atoms with Crippen molar-refractivity contribution in [3.63, 3.8) is 0 Å². The van der Waals surface area contributed by atoms with Crippen molar-refractivity contribution in [3.8, 4) is 0 Å². The molecule has 3 aliphatic rings. The number of halogens is 1. The minimum Gasteiger partial charge on any atom is -0.339 e. The summed E-state index contributed by atoms with van der Waals surface area (Å²) in [6.07, 6.45) is 11.1. The predicted molar refractivity (Wildman–Crippen MR) is 106 cm³/mol. The summed E-state index contributed by atoms with van der Waals surface area (Å²) in [6, 6.07) is 0. The second kappa shape index (κ2) is 9.41. The molecular formula is C20H36ClN3O2. The lowest BCUT2D eigenvalue weighted by molar-refractivity contribution is -0.145. The maximum Gasteiger partial charge on any atom is 0.227 e. The van der Waals surface area contributed by atoms with Gasteiger partial charge in [0.15, 0.2) is 0 Å². The van der Waals surface area contributed by atoms with Crippen LogP contribution >= 0.6 is 12.4 Å². The summed E-state index contributed by atoms with van der Waals surface area (Å²) in [5.74, 6) is 1.04. The molecule has 0 spiro atoms. The molecule has 2 aliphatic carbocycles. The van der Waals surface area contributed by atoms with Crippen LogP contribution in [0.4, 0.5) is 0 Å². The van der Waals surface area contributed by atoms with Crippen LogP contribution < -0.4 is 5.73 Å². The summed E-state index contributed by atoms with van der Waals surface area (Å²) >= 11 is 0. The molecule has 6 heteroatoms. The minimum absolute atomic E-state index is 0. The van der Waals surface area contributed by atoms with Crippen LogP contribution in [-0.2, 0) is 9.59 Å². The average molecular weight is 386 g/mol. The monoisotopic (exact) mass is 385 g/mol. The number of hydrogen-bond acceptors (Lipinski definition) is 3. The Labute approximate surface area is 164 Å². The summed E-state index contributed by atoms with van der Waals surface area (Å²) in [6.45, 7) is 4.74.